The number of carbonyl (C=O) groups is 1. The van der Waals surface area contributed by atoms with Gasteiger partial charge in [0.15, 0.2) is 0 Å². The minimum Gasteiger partial charge on any atom is -0.480 e. The summed E-state index contributed by atoms with van der Waals surface area (Å²) in [5.41, 5.74) is 0.689. The standard InChI is InChI=1S/C14H16N2O4S/c15-7-12-3-1-2-4-13(12)10-21(19,20)16(9-14(17)18)8-11-5-6-11/h1-4,11H,5-6,8-10H2,(H,17,18). The van der Waals surface area contributed by atoms with Crippen LogP contribution in [-0.4, -0.2) is 36.9 Å². The van der Waals surface area contributed by atoms with E-state index < -0.39 is 22.5 Å². The van der Waals surface area contributed by atoms with Crippen LogP contribution >= 0.6 is 0 Å². The topological polar surface area (TPSA) is 98.5 Å². The predicted octanol–water partition coefficient (Wildman–Crippen LogP) is 1.18. The molecule has 0 radical (unpaired) electrons. The van der Waals surface area contributed by atoms with Crippen molar-refractivity contribution in [2.24, 2.45) is 5.92 Å². The minimum atomic E-state index is -3.76. The third kappa shape index (κ3) is 4.28. The maximum atomic E-state index is 12.4. The van der Waals surface area contributed by atoms with Crippen molar-refractivity contribution in [2.75, 3.05) is 13.1 Å². The molecule has 1 aliphatic rings. The molecule has 0 aliphatic heterocycles. The number of aliphatic carboxylic acids is 1. The van der Waals surface area contributed by atoms with Gasteiger partial charge in [-0.1, -0.05) is 18.2 Å². The van der Waals surface area contributed by atoms with E-state index in [-0.39, 0.29) is 18.2 Å². The van der Waals surface area contributed by atoms with Crippen LogP contribution < -0.4 is 0 Å². The Bertz CT molecular complexity index is 674. The van der Waals surface area contributed by atoms with E-state index >= 15 is 0 Å². The van der Waals surface area contributed by atoms with Gasteiger partial charge in [-0.2, -0.15) is 9.57 Å². The summed E-state index contributed by atoms with van der Waals surface area (Å²) < 4.78 is 25.9. The van der Waals surface area contributed by atoms with E-state index in [0.29, 0.717) is 11.1 Å². The first-order valence-corrected chi connectivity index (χ1v) is 8.21. The number of carboxylic acid groups (broad SMARTS) is 1. The fraction of sp³-hybridized carbons (Fsp3) is 0.429. The van der Waals surface area contributed by atoms with Crippen molar-refractivity contribution >= 4 is 16.0 Å². The van der Waals surface area contributed by atoms with Crippen molar-refractivity contribution in [3.05, 3.63) is 35.4 Å². The smallest absolute Gasteiger partial charge is 0.318 e. The maximum absolute atomic E-state index is 12.4. The molecule has 0 heterocycles. The van der Waals surface area contributed by atoms with Crippen LogP contribution in [0.4, 0.5) is 0 Å². The number of sulfonamides is 1. The Morgan fingerprint density at radius 1 is 1.38 bits per heavy atom. The van der Waals surface area contributed by atoms with Crippen LogP contribution in [0.25, 0.3) is 0 Å². The highest BCUT2D eigenvalue weighted by Crippen LogP contribution is 2.31. The van der Waals surface area contributed by atoms with Gasteiger partial charge in [-0.05, 0) is 30.4 Å². The number of hydrogen-bond donors (Lipinski definition) is 1. The molecule has 0 atom stereocenters. The molecule has 1 aromatic rings. The maximum Gasteiger partial charge on any atom is 0.318 e. The molecule has 0 amide bonds. The van der Waals surface area contributed by atoms with Gasteiger partial charge in [0.1, 0.15) is 6.54 Å². The molecule has 1 aromatic carbocycles. The summed E-state index contributed by atoms with van der Waals surface area (Å²) >= 11 is 0. The van der Waals surface area contributed by atoms with Gasteiger partial charge in [-0.3, -0.25) is 4.79 Å². The van der Waals surface area contributed by atoms with Gasteiger partial charge in [-0.15, -0.1) is 0 Å². The molecule has 0 aromatic heterocycles. The van der Waals surface area contributed by atoms with Crippen LogP contribution in [-0.2, 0) is 20.6 Å². The van der Waals surface area contributed by atoms with Crippen molar-refractivity contribution < 1.29 is 18.3 Å². The molecule has 7 heteroatoms. The number of benzene rings is 1. The zero-order valence-corrected chi connectivity index (χ0v) is 12.2. The van der Waals surface area contributed by atoms with E-state index in [9.17, 15) is 13.2 Å². The molecule has 112 valence electrons. The van der Waals surface area contributed by atoms with E-state index in [4.69, 9.17) is 10.4 Å². The minimum absolute atomic E-state index is 0.239. The fourth-order valence-electron chi connectivity index (χ4n) is 2.06. The van der Waals surface area contributed by atoms with Crippen LogP contribution in [0.3, 0.4) is 0 Å². The van der Waals surface area contributed by atoms with E-state index in [2.05, 4.69) is 0 Å². The highest BCUT2D eigenvalue weighted by atomic mass is 32.2. The summed E-state index contributed by atoms with van der Waals surface area (Å²) in [6.07, 6.45) is 1.86. The molecular formula is C14H16N2O4S. The number of carboxylic acids is 1. The Morgan fingerprint density at radius 3 is 2.62 bits per heavy atom. The van der Waals surface area contributed by atoms with Crippen molar-refractivity contribution in [3.8, 4) is 6.07 Å². The van der Waals surface area contributed by atoms with Crippen LogP contribution in [0.1, 0.15) is 24.0 Å². The molecule has 21 heavy (non-hydrogen) atoms. The quantitative estimate of drug-likeness (QED) is 0.815. The van der Waals surface area contributed by atoms with Crippen LogP contribution in [0.15, 0.2) is 24.3 Å². The van der Waals surface area contributed by atoms with Crippen LogP contribution in [0.5, 0.6) is 0 Å². The lowest BCUT2D eigenvalue weighted by molar-refractivity contribution is -0.137. The van der Waals surface area contributed by atoms with E-state index in [1.54, 1.807) is 24.3 Å². The molecule has 0 unspecified atom stereocenters. The molecule has 2 rings (SSSR count). The van der Waals surface area contributed by atoms with Gasteiger partial charge >= 0.3 is 5.97 Å². The molecule has 0 saturated heterocycles. The molecular weight excluding hydrogens is 292 g/mol. The monoisotopic (exact) mass is 308 g/mol. The van der Waals surface area contributed by atoms with Crippen molar-refractivity contribution in [1.82, 2.24) is 4.31 Å². The summed E-state index contributed by atoms with van der Waals surface area (Å²) in [7, 11) is -3.76. The van der Waals surface area contributed by atoms with Gasteiger partial charge in [-0.25, -0.2) is 8.42 Å². The highest BCUT2D eigenvalue weighted by molar-refractivity contribution is 7.88. The van der Waals surface area contributed by atoms with E-state index in [0.717, 1.165) is 17.1 Å². The summed E-state index contributed by atoms with van der Waals surface area (Å²) in [4.78, 5) is 10.9. The van der Waals surface area contributed by atoms with Crippen molar-refractivity contribution in [2.45, 2.75) is 18.6 Å². The molecule has 0 bridgehead atoms. The summed E-state index contributed by atoms with van der Waals surface area (Å²) in [5, 5.41) is 17.9. The van der Waals surface area contributed by atoms with Crippen molar-refractivity contribution in [1.29, 1.82) is 5.26 Å². The lowest BCUT2D eigenvalue weighted by Gasteiger charge is -2.20. The number of nitriles is 1. The van der Waals surface area contributed by atoms with E-state index in [1.165, 1.54) is 0 Å². The summed E-state index contributed by atoms with van der Waals surface area (Å²) in [6, 6.07) is 8.40. The second-order valence-electron chi connectivity index (χ2n) is 5.15. The zero-order valence-electron chi connectivity index (χ0n) is 11.4. The van der Waals surface area contributed by atoms with Crippen LogP contribution in [0.2, 0.25) is 0 Å². The number of hydrogen-bond acceptors (Lipinski definition) is 4. The Hall–Kier alpha value is -1.91. The van der Waals surface area contributed by atoms with Gasteiger partial charge in [0.05, 0.1) is 17.4 Å². The first kappa shape index (κ1) is 15.5. The third-order valence-corrected chi connectivity index (χ3v) is 5.08. The Kier molecular flexibility index (Phi) is 4.60. The van der Waals surface area contributed by atoms with Crippen molar-refractivity contribution in [3.63, 3.8) is 0 Å². The highest BCUT2D eigenvalue weighted by Gasteiger charge is 2.32. The Labute approximate surface area is 123 Å². The van der Waals surface area contributed by atoms with Crippen LogP contribution in [0, 0.1) is 17.2 Å². The van der Waals surface area contributed by atoms with Gasteiger partial charge in [0.25, 0.3) is 0 Å². The molecule has 6 nitrogen and oxygen atoms in total. The van der Waals surface area contributed by atoms with Gasteiger partial charge in [0, 0.05) is 6.54 Å². The molecule has 1 N–H and O–H groups in total. The fourth-order valence-corrected chi connectivity index (χ4v) is 3.63. The average Bonchev–Trinajstić information content (AvgIpc) is 3.21. The molecule has 1 fully saturated rings. The lowest BCUT2D eigenvalue weighted by Crippen LogP contribution is -2.38. The normalized spacial score (nSPS) is 14.9. The molecule has 1 aliphatic carbocycles. The van der Waals surface area contributed by atoms with E-state index in [1.807, 2.05) is 6.07 Å². The third-order valence-electron chi connectivity index (χ3n) is 3.34. The second kappa shape index (κ2) is 6.24. The first-order valence-electron chi connectivity index (χ1n) is 6.60. The predicted molar refractivity (Wildman–Crippen MR) is 75.7 cm³/mol. The average molecular weight is 308 g/mol. The molecule has 0 spiro atoms. The van der Waals surface area contributed by atoms with Gasteiger partial charge in [0.2, 0.25) is 10.0 Å². The molecule has 1 saturated carbocycles. The first-order chi connectivity index (χ1) is 9.92. The summed E-state index contributed by atoms with van der Waals surface area (Å²) in [6.45, 7) is -0.295. The summed E-state index contributed by atoms with van der Waals surface area (Å²) in [5.74, 6) is -1.27. The Balaban J connectivity index is 2.21. The lowest BCUT2D eigenvalue weighted by atomic mass is 10.1. The second-order valence-corrected chi connectivity index (χ2v) is 7.12. The SMILES string of the molecule is N#Cc1ccccc1CS(=O)(=O)N(CC(=O)O)CC1CC1. The number of nitrogens with zero attached hydrogens (tertiary/aromatic N) is 2. The van der Waals surface area contributed by atoms with Gasteiger partial charge < -0.3 is 5.11 Å². The number of rotatable bonds is 7. The zero-order chi connectivity index (χ0) is 15.5. The largest absolute Gasteiger partial charge is 0.480 e. The Morgan fingerprint density at radius 2 is 2.05 bits per heavy atom.